The van der Waals surface area contributed by atoms with Crippen LogP contribution >= 0.6 is 23.2 Å². The quantitative estimate of drug-likeness (QED) is 0.832. The van der Waals surface area contributed by atoms with Crippen molar-refractivity contribution in [1.82, 2.24) is 4.98 Å². The summed E-state index contributed by atoms with van der Waals surface area (Å²) in [5.41, 5.74) is 1.94. The molecule has 0 unspecified atom stereocenters. The Labute approximate surface area is 151 Å². The summed E-state index contributed by atoms with van der Waals surface area (Å²) in [6.07, 6.45) is 6.58. The van der Waals surface area contributed by atoms with Crippen LogP contribution in [0, 0.1) is 0 Å². The van der Waals surface area contributed by atoms with Crippen LogP contribution in [0.3, 0.4) is 0 Å². The van der Waals surface area contributed by atoms with E-state index in [1.807, 2.05) is 12.1 Å². The number of nitrogens with zero attached hydrogens (tertiary/aromatic N) is 2. The molecule has 1 aromatic heterocycles. The topological polar surface area (TPSA) is 45.2 Å². The molecule has 2 heterocycles. The van der Waals surface area contributed by atoms with Gasteiger partial charge in [-0.1, -0.05) is 36.0 Å². The molecule has 3 rings (SSSR count). The van der Waals surface area contributed by atoms with E-state index < -0.39 is 0 Å². The van der Waals surface area contributed by atoms with Crippen LogP contribution in [0.25, 0.3) is 0 Å². The molecule has 1 fully saturated rings. The molecule has 1 amide bonds. The Kier molecular flexibility index (Phi) is 5.59. The number of carbonyl (C=O) groups is 1. The zero-order chi connectivity index (χ0) is 16.9. The number of aromatic nitrogens is 1. The van der Waals surface area contributed by atoms with Crippen molar-refractivity contribution >= 4 is 40.5 Å². The molecule has 0 saturated carbocycles. The summed E-state index contributed by atoms with van der Waals surface area (Å²) in [5.74, 6) is -0.282. The molecule has 2 aromatic rings. The summed E-state index contributed by atoms with van der Waals surface area (Å²) in [6, 6.07) is 8.76. The monoisotopic (exact) mass is 363 g/mol. The second-order valence-corrected chi connectivity index (χ2v) is 6.72. The Bertz CT molecular complexity index is 728. The van der Waals surface area contributed by atoms with Crippen LogP contribution in [0.2, 0.25) is 10.0 Å². The van der Waals surface area contributed by atoms with Gasteiger partial charge in [-0.25, -0.2) is 0 Å². The van der Waals surface area contributed by atoms with Gasteiger partial charge in [0.15, 0.2) is 0 Å². The number of anilines is 2. The van der Waals surface area contributed by atoms with Crippen molar-refractivity contribution in [3.63, 3.8) is 0 Å². The molecule has 126 valence electrons. The van der Waals surface area contributed by atoms with E-state index in [0.717, 1.165) is 18.8 Å². The van der Waals surface area contributed by atoms with Crippen molar-refractivity contribution in [2.75, 3.05) is 23.3 Å². The Morgan fingerprint density at radius 2 is 1.79 bits per heavy atom. The first-order valence-corrected chi connectivity index (χ1v) is 8.86. The Morgan fingerprint density at radius 1 is 1.04 bits per heavy atom. The van der Waals surface area contributed by atoms with E-state index >= 15 is 0 Å². The van der Waals surface area contributed by atoms with Crippen LogP contribution in [0.4, 0.5) is 11.4 Å². The highest BCUT2D eigenvalue weighted by Crippen LogP contribution is 2.26. The van der Waals surface area contributed by atoms with Gasteiger partial charge in [-0.2, -0.15) is 0 Å². The average Bonchev–Trinajstić information content (AvgIpc) is 2.87. The van der Waals surface area contributed by atoms with E-state index in [-0.39, 0.29) is 5.91 Å². The van der Waals surface area contributed by atoms with Gasteiger partial charge >= 0.3 is 0 Å². The van der Waals surface area contributed by atoms with Crippen molar-refractivity contribution < 1.29 is 4.79 Å². The summed E-state index contributed by atoms with van der Waals surface area (Å²) < 4.78 is 0. The molecular weight excluding hydrogens is 345 g/mol. The van der Waals surface area contributed by atoms with Crippen molar-refractivity contribution in [3.8, 4) is 0 Å². The fourth-order valence-corrected chi connectivity index (χ4v) is 3.30. The lowest BCUT2D eigenvalue weighted by atomic mass is 10.2. The third-order valence-corrected chi connectivity index (χ3v) is 4.67. The van der Waals surface area contributed by atoms with E-state index in [4.69, 9.17) is 23.2 Å². The number of benzene rings is 1. The van der Waals surface area contributed by atoms with Crippen LogP contribution in [0.5, 0.6) is 0 Å². The van der Waals surface area contributed by atoms with Crippen LogP contribution in [-0.4, -0.2) is 24.0 Å². The Balaban J connectivity index is 1.76. The molecule has 1 saturated heterocycles. The second kappa shape index (κ2) is 7.86. The van der Waals surface area contributed by atoms with Gasteiger partial charge in [-0.15, -0.1) is 0 Å². The van der Waals surface area contributed by atoms with Crippen LogP contribution in [0.15, 0.2) is 36.5 Å². The van der Waals surface area contributed by atoms with Gasteiger partial charge in [0.1, 0.15) is 5.69 Å². The van der Waals surface area contributed by atoms with Gasteiger partial charge in [-0.3, -0.25) is 9.78 Å². The summed E-state index contributed by atoms with van der Waals surface area (Å²) in [7, 11) is 0. The van der Waals surface area contributed by atoms with E-state index in [9.17, 15) is 4.79 Å². The third-order valence-electron chi connectivity index (χ3n) is 4.13. The molecule has 24 heavy (non-hydrogen) atoms. The van der Waals surface area contributed by atoms with Crippen molar-refractivity contribution in [3.05, 3.63) is 52.3 Å². The Hall–Kier alpha value is -1.78. The largest absolute Gasteiger partial charge is 0.371 e. The predicted molar refractivity (Wildman–Crippen MR) is 99.3 cm³/mol. The standard InChI is InChI=1S/C18H19Cl2N3O/c19-13-5-6-16(15(20)11-13)22-18(24)17-12-14(7-8-21-17)23-9-3-1-2-4-10-23/h5-8,11-12H,1-4,9-10H2,(H,22,24). The highest BCUT2D eigenvalue weighted by molar-refractivity contribution is 6.36. The maximum atomic E-state index is 12.5. The molecule has 1 aromatic carbocycles. The predicted octanol–water partition coefficient (Wildman–Crippen LogP) is 5.02. The minimum Gasteiger partial charge on any atom is -0.371 e. The summed E-state index contributed by atoms with van der Waals surface area (Å²) in [5, 5.41) is 3.72. The molecule has 0 bridgehead atoms. The zero-order valence-electron chi connectivity index (χ0n) is 13.3. The Morgan fingerprint density at radius 3 is 2.50 bits per heavy atom. The van der Waals surface area contributed by atoms with E-state index in [2.05, 4.69) is 15.2 Å². The van der Waals surface area contributed by atoms with Gasteiger partial charge in [0.25, 0.3) is 5.91 Å². The number of halogens is 2. The molecular formula is C18H19Cl2N3O. The molecule has 0 spiro atoms. The third kappa shape index (κ3) is 4.19. The second-order valence-electron chi connectivity index (χ2n) is 5.88. The number of pyridine rings is 1. The molecule has 1 N–H and O–H groups in total. The number of hydrogen-bond acceptors (Lipinski definition) is 3. The van der Waals surface area contributed by atoms with E-state index in [0.29, 0.717) is 21.4 Å². The van der Waals surface area contributed by atoms with Crippen LogP contribution < -0.4 is 10.2 Å². The average molecular weight is 364 g/mol. The molecule has 6 heteroatoms. The molecule has 0 radical (unpaired) electrons. The minimum absolute atomic E-state index is 0.282. The normalized spacial score (nSPS) is 15.0. The molecule has 1 aliphatic heterocycles. The highest BCUT2D eigenvalue weighted by Gasteiger charge is 2.14. The smallest absolute Gasteiger partial charge is 0.274 e. The lowest BCUT2D eigenvalue weighted by Gasteiger charge is -2.22. The maximum Gasteiger partial charge on any atom is 0.274 e. The number of amides is 1. The number of nitrogens with one attached hydrogen (secondary N) is 1. The van der Waals surface area contributed by atoms with Crippen LogP contribution in [-0.2, 0) is 0 Å². The molecule has 4 nitrogen and oxygen atoms in total. The fraction of sp³-hybridized carbons (Fsp3) is 0.333. The van der Waals surface area contributed by atoms with Crippen LogP contribution in [0.1, 0.15) is 36.2 Å². The van der Waals surface area contributed by atoms with Gasteiger partial charge in [0, 0.05) is 30.0 Å². The summed E-state index contributed by atoms with van der Waals surface area (Å²) >= 11 is 12.0. The lowest BCUT2D eigenvalue weighted by molar-refractivity contribution is 0.102. The SMILES string of the molecule is O=C(Nc1ccc(Cl)cc1Cl)c1cc(N2CCCCCC2)ccn1. The highest BCUT2D eigenvalue weighted by atomic mass is 35.5. The number of rotatable bonds is 3. The van der Waals surface area contributed by atoms with Crippen molar-refractivity contribution in [2.45, 2.75) is 25.7 Å². The number of hydrogen-bond donors (Lipinski definition) is 1. The van der Waals surface area contributed by atoms with Gasteiger partial charge in [0.2, 0.25) is 0 Å². The van der Waals surface area contributed by atoms with Crippen molar-refractivity contribution in [1.29, 1.82) is 0 Å². The zero-order valence-corrected chi connectivity index (χ0v) is 14.8. The first-order valence-electron chi connectivity index (χ1n) is 8.11. The molecule has 0 aliphatic carbocycles. The van der Waals surface area contributed by atoms with Gasteiger partial charge in [-0.05, 0) is 43.2 Å². The first kappa shape index (κ1) is 17.1. The van der Waals surface area contributed by atoms with E-state index in [1.54, 1.807) is 24.4 Å². The maximum absolute atomic E-state index is 12.5. The lowest BCUT2D eigenvalue weighted by Crippen LogP contribution is -2.24. The van der Waals surface area contributed by atoms with Gasteiger partial charge in [0.05, 0.1) is 10.7 Å². The molecule has 0 atom stereocenters. The van der Waals surface area contributed by atoms with Gasteiger partial charge < -0.3 is 10.2 Å². The van der Waals surface area contributed by atoms with E-state index in [1.165, 1.54) is 25.7 Å². The van der Waals surface area contributed by atoms with Crippen molar-refractivity contribution in [2.24, 2.45) is 0 Å². The minimum atomic E-state index is -0.282. The summed E-state index contributed by atoms with van der Waals surface area (Å²) in [6.45, 7) is 2.04. The number of carbonyl (C=O) groups excluding carboxylic acids is 1. The summed E-state index contributed by atoms with van der Waals surface area (Å²) in [4.78, 5) is 19.0. The molecule has 1 aliphatic rings. The first-order chi connectivity index (χ1) is 11.6. The fourth-order valence-electron chi connectivity index (χ4n) is 2.85.